The van der Waals surface area contributed by atoms with Crippen LogP contribution in [0.4, 0.5) is 27.6 Å². The summed E-state index contributed by atoms with van der Waals surface area (Å²) < 4.78 is 71.4. The number of methoxy groups -OCH3 is 1. The summed E-state index contributed by atoms with van der Waals surface area (Å²) in [5.74, 6) is -11.6. The van der Waals surface area contributed by atoms with Crippen molar-refractivity contribution in [3.63, 3.8) is 0 Å². The van der Waals surface area contributed by atoms with Crippen molar-refractivity contribution in [2.24, 2.45) is 11.8 Å². The SMILES string of the molecule is COC(=O)C1CN(c2c(F)c(F)c(F)c(F)c2F)CC1C. The van der Waals surface area contributed by atoms with E-state index in [1.54, 1.807) is 6.92 Å². The van der Waals surface area contributed by atoms with Crippen molar-refractivity contribution in [3.8, 4) is 0 Å². The van der Waals surface area contributed by atoms with Gasteiger partial charge in [0, 0.05) is 13.1 Å². The molecule has 1 heterocycles. The Hall–Kier alpha value is -1.86. The molecule has 0 radical (unpaired) electrons. The maximum Gasteiger partial charge on any atom is 0.310 e. The van der Waals surface area contributed by atoms with Crippen LogP contribution < -0.4 is 4.90 Å². The topological polar surface area (TPSA) is 29.5 Å². The standard InChI is InChI=1S/C13H12F5NO2/c1-5-3-19(4-6(5)13(20)21-2)12-10(17)8(15)7(14)9(16)11(12)18/h5-6H,3-4H2,1-2H3. The molecule has 0 aliphatic carbocycles. The summed E-state index contributed by atoms with van der Waals surface area (Å²) in [5, 5.41) is 0. The van der Waals surface area contributed by atoms with E-state index >= 15 is 0 Å². The molecule has 1 fully saturated rings. The molecule has 0 bridgehead atoms. The molecular weight excluding hydrogens is 297 g/mol. The smallest absolute Gasteiger partial charge is 0.310 e. The monoisotopic (exact) mass is 309 g/mol. The fourth-order valence-electron chi connectivity index (χ4n) is 2.48. The molecule has 0 amide bonds. The Kier molecular flexibility index (Phi) is 4.06. The van der Waals surface area contributed by atoms with Gasteiger partial charge >= 0.3 is 5.97 Å². The number of halogens is 5. The molecule has 3 nitrogen and oxygen atoms in total. The molecule has 1 aromatic rings. The van der Waals surface area contributed by atoms with E-state index in [2.05, 4.69) is 4.74 Å². The van der Waals surface area contributed by atoms with Crippen molar-refractivity contribution in [1.29, 1.82) is 0 Å². The molecule has 1 saturated heterocycles. The lowest BCUT2D eigenvalue weighted by molar-refractivity contribution is -0.145. The van der Waals surface area contributed by atoms with Crippen LogP contribution in [0.3, 0.4) is 0 Å². The molecule has 2 atom stereocenters. The minimum atomic E-state index is -2.20. The van der Waals surface area contributed by atoms with Crippen LogP contribution >= 0.6 is 0 Å². The molecule has 21 heavy (non-hydrogen) atoms. The van der Waals surface area contributed by atoms with Crippen molar-refractivity contribution >= 4 is 11.7 Å². The van der Waals surface area contributed by atoms with Crippen molar-refractivity contribution < 1.29 is 31.5 Å². The third kappa shape index (κ3) is 2.43. The highest BCUT2D eigenvalue weighted by atomic mass is 19.2. The van der Waals surface area contributed by atoms with Gasteiger partial charge in [-0.1, -0.05) is 6.92 Å². The highest BCUT2D eigenvalue weighted by molar-refractivity contribution is 5.74. The highest BCUT2D eigenvalue weighted by Crippen LogP contribution is 2.35. The van der Waals surface area contributed by atoms with Gasteiger partial charge in [-0.25, -0.2) is 22.0 Å². The molecule has 1 aliphatic rings. The van der Waals surface area contributed by atoms with Crippen molar-refractivity contribution in [3.05, 3.63) is 29.1 Å². The summed E-state index contributed by atoms with van der Waals surface area (Å²) in [5.41, 5.74) is -1.01. The normalized spacial score (nSPS) is 21.8. The van der Waals surface area contributed by atoms with Gasteiger partial charge in [-0.15, -0.1) is 0 Å². The summed E-state index contributed by atoms with van der Waals surface area (Å²) >= 11 is 0. The first-order valence-corrected chi connectivity index (χ1v) is 6.13. The summed E-state index contributed by atoms with van der Waals surface area (Å²) in [6.07, 6.45) is 0. The Balaban J connectivity index is 2.43. The zero-order valence-corrected chi connectivity index (χ0v) is 11.2. The number of hydrogen-bond donors (Lipinski definition) is 0. The second-order valence-corrected chi connectivity index (χ2v) is 4.93. The average molecular weight is 309 g/mol. The largest absolute Gasteiger partial charge is 0.469 e. The van der Waals surface area contributed by atoms with Crippen LogP contribution in [-0.2, 0) is 9.53 Å². The van der Waals surface area contributed by atoms with Gasteiger partial charge in [0.25, 0.3) is 0 Å². The Morgan fingerprint density at radius 3 is 1.95 bits per heavy atom. The maximum atomic E-state index is 13.7. The van der Waals surface area contributed by atoms with Crippen LogP contribution in [-0.4, -0.2) is 26.2 Å². The van der Waals surface area contributed by atoms with Gasteiger partial charge in [0.2, 0.25) is 5.82 Å². The third-order valence-corrected chi connectivity index (χ3v) is 3.62. The predicted molar refractivity (Wildman–Crippen MR) is 63.1 cm³/mol. The number of esters is 1. The van der Waals surface area contributed by atoms with Crippen molar-refractivity contribution in [2.75, 3.05) is 25.1 Å². The number of carbonyl (C=O) groups excluding carboxylic acids is 1. The summed E-state index contributed by atoms with van der Waals surface area (Å²) in [7, 11) is 1.16. The predicted octanol–water partition coefficient (Wildman–Crippen LogP) is 2.63. The maximum absolute atomic E-state index is 13.7. The van der Waals surface area contributed by atoms with E-state index < -0.39 is 46.7 Å². The molecule has 8 heteroatoms. The van der Waals surface area contributed by atoms with Gasteiger partial charge in [0.1, 0.15) is 5.69 Å². The second-order valence-electron chi connectivity index (χ2n) is 4.93. The van der Waals surface area contributed by atoms with Crippen LogP contribution in [0, 0.1) is 40.9 Å². The van der Waals surface area contributed by atoms with Crippen LogP contribution in [0.25, 0.3) is 0 Å². The van der Waals surface area contributed by atoms with Gasteiger partial charge in [0.15, 0.2) is 23.3 Å². The van der Waals surface area contributed by atoms with E-state index in [0.717, 1.165) is 12.0 Å². The molecule has 0 saturated carbocycles. The molecule has 0 spiro atoms. The summed E-state index contributed by atoms with van der Waals surface area (Å²) in [6, 6.07) is 0. The molecule has 1 aliphatic heterocycles. The number of anilines is 1. The molecule has 0 aromatic heterocycles. The number of carbonyl (C=O) groups is 1. The third-order valence-electron chi connectivity index (χ3n) is 3.62. The van der Waals surface area contributed by atoms with E-state index in [4.69, 9.17) is 0 Å². The van der Waals surface area contributed by atoms with Crippen LogP contribution in [0.5, 0.6) is 0 Å². The Labute approximate surface area is 117 Å². The summed E-state index contributed by atoms with van der Waals surface area (Å²) in [6.45, 7) is 1.44. The Morgan fingerprint density at radius 1 is 1.00 bits per heavy atom. The molecular formula is C13H12F5NO2. The minimum Gasteiger partial charge on any atom is -0.469 e. The zero-order valence-electron chi connectivity index (χ0n) is 11.2. The zero-order chi connectivity index (χ0) is 15.9. The lowest BCUT2D eigenvalue weighted by atomic mass is 9.99. The average Bonchev–Trinajstić information content (AvgIpc) is 2.84. The number of hydrogen-bond acceptors (Lipinski definition) is 3. The second kappa shape index (κ2) is 5.50. The van der Waals surface area contributed by atoms with Gasteiger partial charge in [0.05, 0.1) is 13.0 Å². The molecule has 1 aromatic carbocycles. The quantitative estimate of drug-likeness (QED) is 0.364. The fourth-order valence-corrected chi connectivity index (χ4v) is 2.48. The van der Waals surface area contributed by atoms with Crippen LogP contribution in [0.15, 0.2) is 0 Å². The summed E-state index contributed by atoms with van der Waals surface area (Å²) in [4.78, 5) is 12.5. The van der Waals surface area contributed by atoms with E-state index in [9.17, 15) is 26.7 Å². The van der Waals surface area contributed by atoms with E-state index in [-0.39, 0.29) is 19.0 Å². The van der Waals surface area contributed by atoms with Crippen LogP contribution in [0.1, 0.15) is 6.92 Å². The number of ether oxygens (including phenoxy) is 1. The van der Waals surface area contributed by atoms with Gasteiger partial charge < -0.3 is 9.64 Å². The van der Waals surface area contributed by atoms with Gasteiger partial charge in [-0.05, 0) is 5.92 Å². The number of nitrogens with zero attached hydrogens (tertiary/aromatic N) is 1. The van der Waals surface area contributed by atoms with E-state index in [1.165, 1.54) is 0 Å². The first kappa shape index (κ1) is 15.5. The highest BCUT2D eigenvalue weighted by Gasteiger charge is 2.39. The lowest BCUT2D eigenvalue weighted by Gasteiger charge is -2.20. The lowest BCUT2D eigenvalue weighted by Crippen LogP contribution is -2.26. The van der Waals surface area contributed by atoms with E-state index in [1.807, 2.05) is 0 Å². The van der Waals surface area contributed by atoms with Crippen molar-refractivity contribution in [1.82, 2.24) is 0 Å². The molecule has 116 valence electrons. The van der Waals surface area contributed by atoms with Crippen LogP contribution in [0.2, 0.25) is 0 Å². The van der Waals surface area contributed by atoms with Gasteiger partial charge in [-0.2, -0.15) is 0 Å². The molecule has 2 rings (SSSR count). The Morgan fingerprint density at radius 2 is 1.48 bits per heavy atom. The van der Waals surface area contributed by atoms with Gasteiger partial charge in [-0.3, -0.25) is 4.79 Å². The van der Waals surface area contributed by atoms with Crippen molar-refractivity contribution in [2.45, 2.75) is 6.92 Å². The number of benzene rings is 1. The fraction of sp³-hybridized carbons (Fsp3) is 0.462. The molecule has 2 unspecified atom stereocenters. The first-order valence-electron chi connectivity index (χ1n) is 6.13. The first-order chi connectivity index (χ1) is 9.79. The molecule has 0 N–H and O–H groups in total. The number of rotatable bonds is 2. The minimum absolute atomic E-state index is 0.0158. The van der Waals surface area contributed by atoms with E-state index in [0.29, 0.717) is 0 Å². The Bertz CT molecular complexity index is 563.